The number of aromatic nitrogens is 1. The van der Waals surface area contributed by atoms with Crippen molar-refractivity contribution in [1.82, 2.24) is 4.98 Å². The Hall–Kier alpha value is -1.66. The normalized spacial score (nSPS) is 16.5. The molecular formula is C17H22N2O3S. The van der Waals surface area contributed by atoms with Gasteiger partial charge in [0.1, 0.15) is 10.6 Å². The van der Waals surface area contributed by atoms with Gasteiger partial charge in [-0.15, -0.1) is 11.3 Å². The van der Waals surface area contributed by atoms with E-state index < -0.39 is 11.7 Å². The van der Waals surface area contributed by atoms with Gasteiger partial charge in [0.25, 0.3) is 0 Å². The van der Waals surface area contributed by atoms with E-state index in [4.69, 9.17) is 9.47 Å². The lowest BCUT2D eigenvalue weighted by Gasteiger charge is -2.21. The highest BCUT2D eigenvalue weighted by atomic mass is 32.1. The van der Waals surface area contributed by atoms with Crippen LogP contribution < -0.4 is 5.32 Å². The predicted molar refractivity (Wildman–Crippen MR) is 92.3 cm³/mol. The SMILES string of the molecule is CC(C)(C)OC(=O)Nc1cc2ncc(C3CCOCC3)cc2s1. The molecule has 1 saturated heterocycles. The molecule has 1 fully saturated rings. The number of hydrogen-bond acceptors (Lipinski definition) is 5. The van der Waals surface area contributed by atoms with Crippen molar-refractivity contribution in [2.75, 3.05) is 18.5 Å². The van der Waals surface area contributed by atoms with Gasteiger partial charge in [0.05, 0.1) is 10.2 Å². The quantitative estimate of drug-likeness (QED) is 0.876. The summed E-state index contributed by atoms with van der Waals surface area (Å²) < 4.78 is 11.8. The molecule has 0 spiro atoms. The first-order valence-corrected chi connectivity index (χ1v) is 8.69. The third-order valence-electron chi connectivity index (χ3n) is 3.71. The Balaban J connectivity index is 1.75. The van der Waals surface area contributed by atoms with Crippen LogP contribution in [0.5, 0.6) is 0 Å². The molecule has 0 aliphatic carbocycles. The molecule has 5 nitrogen and oxygen atoms in total. The van der Waals surface area contributed by atoms with E-state index in [0.717, 1.165) is 41.3 Å². The van der Waals surface area contributed by atoms with Crippen molar-refractivity contribution in [1.29, 1.82) is 0 Å². The first-order chi connectivity index (χ1) is 10.9. The Labute approximate surface area is 140 Å². The maximum absolute atomic E-state index is 11.9. The molecule has 3 rings (SSSR count). The number of nitrogens with zero attached hydrogens (tertiary/aromatic N) is 1. The minimum atomic E-state index is -0.505. The topological polar surface area (TPSA) is 60.5 Å². The summed E-state index contributed by atoms with van der Waals surface area (Å²) in [6.45, 7) is 7.18. The molecule has 1 aliphatic rings. The average molecular weight is 334 g/mol. The zero-order valence-electron chi connectivity index (χ0n) is 13.7. The van der Waals surface area contributed by atoms with E-state index in [2.05, 4.69) is 16.4 Å². The predicted octanol–water partition coefficient (Wildman–Crippen LogP) is 4.54. The van der Waals surface area contributed by atoms with Crippen molar-refractivity contribution < 1.29 is 14.3 Å². The Bertz CT molecular complexity index is 699. The standard InChI is InChI=1S/C17H22N2O3S/c1-17(2,3)22-16(20)19-15-9-13-14(23-15)8-12(10-18-13)11-4-6-21-7-5-11/h8-11H,4-7H2,1-3H3,(H,19,20). The van der Waals surface area contributed by atoms with Crippen molar-refractivity contribution in [2.45, 2.75) is 45.1 Å². The van der Waals surface area contributed by atoms with Crippen LogP contribution in [0.15, 0.2) is 18.3 Å². The average Bonchev–Trinajstić information content (AvgIpc) is 2.87. The monoisotopic (exact) mass is 334 g/mol. The lowest BCUT2D eigenvalue weighted by molar-refractivity contribution is 0.0636. The summed E-state index contributed by atoms with van der Waals surface area (Å²) in [5.41, 5.74) is 1.65. The van der Waals surface area contributed by atoms with E-state index in [1.165, 1.54) is 16.9 Å². The van der Waals surface area contributed by atoms with Crippen molar-refractivity contribution in [3.63, 3.8) is 0 Å². The fourth-order valence-electron chi connectivity index (χ4n) is 2.65. The summed E-state index contributed by atoms with van der Waals surface area (Å²) in [5, 5.41) is 3.54. The summed E-state index contributed by atoms with van der Waals surface area (Å²) in [4.78, 5) is 16.4. The van der Waals surface area contributed by atoms with Crippen LogP contribution in [0.4, 0.5) is 9.80 Å². The van der Waals surface area contributed by atoms with Gasteiger partial charge in [0.15, 0.2) is 0 Å². The minimum absolute atomic E-state index is 0.436. The Morgan fingerprint density at radius 3 is 2.78 bits per heavy atom. The maximum atomic E-state index is 11.9. The van der Waals surface area contributed by atoms with Gasteiger partial charge in [-0.3, -0.25) is 10.3 Å². The van der Waals surface area contributed by atoms with Gasteiger partial charge in [-0.05, 0) is 57.2 Å². The van der Waals surface area contributed by atoms with E-state index in [-0.39, 0.29) is 0 Å². The molecule has 1 aliphatic heterocycles. The number of fused-ring (bicyclic) bond motifs is 1. The smallest absolute Gasteiger partial charge is 0.412 e. The third-order valence-corrected chi connectivity index (χ3v) is 4.69. The summed E-state index contributed by atoms with van der Waals surface area (Å²) >= 11 is 1.52. The molecule has 1 amide bonds. The molecule has 0 saturated carbocycles. The molecule has 0 unspecified atom stereocenters. The van der Waals surface area contributed by atoms with Gasteiger partial charge in [-0.1, -0.05) is 0 Å². The number of rotatable bonds is 2. The molecule has 0 bridgehead atoms. The van der Waals surface area contributed by atoms with Gasteiger partial charge < -0.3 is 9.47 Å². The molecule has 1 N–H and O–H groups in total. The zero-order chi connectivity index (χ0) is 16.4. The maximum Gasteiger partial charge on any atom is 0.412 e. The fraction of sp³-hybridized carbons (Fsp3) is 0.529. The minimum Gasteiger partial charge on any atom is -0.444 e. The van der Waals surface area contributed by atoms with Gasteiger partial charge in [-0.2, -0.15) is 0 Å². The summed E-state index contributed by atoms with van der Waals surface area (Å²) in [6.07, 6.45) is 3.60. The van der Waals surface area contributed by atoms with Gasteiger partial charge >= 0.3 is 6.09 Å². The Morgan fingerprint density at radius 2 is 2.09 bits per heavy atom. The number of carbonyl (C=O) groups is 1. The van der Waals surface area contributed by atoms with Crippen LogP contribution in [0.2, 0.25) is 0 Å². The van der Waals surface area contributed by atoms with Gasteiger partial charge in [-0.25, -0.2) is 4.79 Å². The van der Waals surface area contributed by atoms with Crippen LogP contribution >= 0.6 is 11.3 Å². The number of amides is 1. The number of carbonyl (C=O) groups excluding carboxylic acids is 1. The number of hydrogen-bond donors (Lipinski definition) is 1. The number of pyridine rings is 1. The summed E-state index contributed by atoms with van der Waals surface area (Å²) in [7, 11) is 0. The number of nitrogens with one attached hydrogen (secondary N) is 1. The van der Waals surface area contributed by atoms with Gasteiger partial charge in [0, 0.05) is 19.4 Å². The van der Waals surface area contributed by atoms with E-state index >= 15 is 0 Å². The molecule has 124 valence electrons. The van der Waals surface area contributed by atoms with E-state index in [1.54, 1.807) is 0 Å². The number of anilines is 1. The van der Waals surface area contributed by atoms with Crippen LogP contribution in [-0.4, -0.2) is 29.9 Å². The van der Waals surface area contributed by atoms with Crippen LogP contribution in [0, 0.1) is 0 Å². The van der Waals surface area contributed by atoms with E-state index in [9.17, 15) is 4.79 Å². The Morgan fingerprint density at radius 1 is 1.35 bits per heavy atom. The van der Waals surface area contributed by atoms with Crippen LogP contribution in [0.1, 0.15) is 45.1 Å². The first kappa shape index (κ1) is 16.2. The van der Waals surface area contributed by atoms with Gasteiger partial charge in [0.2, 0.25) is 0 Å². The van der Waals surface area contributed by atoms with Crippen molar-refractivity contribution in [3.8, 4) is 0 Å². The second-order valence-electron chi connectivity index (χ2n) is 6.78. The zero-order valence-corrected chi connectivity index (χ0v) is 14.5. The molecule has 3 heterocycles. The van der Waals surface area contributed by atoms with Crippen LogP contribution in [0.3, 0.4) is 0 Å². The van der Waals surface area contributed by atoms with Crippen molar-refractivity contribution in [2.24, 2.45) is 0 Å². The second kappa shape index (κ2) is 6.45. The second-order valence-corrected chi connectivity index (χ2v) is 7.86. The molecule has 23 heavy (non-hydrogen) atoms. The molecule has 2 aromatic heterocycles. The third kappa shape index (κ3) is 4.20. The molecule has 0 aromatic carbocycles. The molecule has 0 radical (unpaired) electrons. The highest BCUT2D eigenvalue weighted by molar-refractivity contribution is 7.22. The number of ether oxygens (including phenoxy) is 2. The van der Waals surface area contributed by atoms with Crippen molar-refractivity contribution in [3.05, 3.63) is 23.9 Å². The van der Waals surface area contributed by atoms with Crippen molar-refractivity contribution >= 4 is 32.6 Å². The van der Waals surface area contributed by atoms with E-state index in [0.29, 0.717) is 5.92 Å². The highest BCUT2D eigenvalue weighted by Gasteiger charge is 2.19. The van der Waals surface area contributed by atoms with E-state index in [1.807, 2.05) is 33.0 Å². The fourth-order valence-corrected chi connectivity index (χ4v) is 3.61. The largest absolute Gasteiger partial charge is 0.444 e. The molecule has 6 heteroatoms. The lowest BCUT2D eigenvalue weighted by Crippen LogP contribution is -2.26. The highest BCUT2D eigenvalue weighted by Crippen LogP contribution is 2.33. The molecular weight excluding hydrogens is 312 g/mol. The van der Waals surface area contributed by atoms with Crippen LogP contribution in [0.25, 0.3) is 10.2 Å². The van der Waals surface area contributed by atoms with Crippen LogP contribution in [-0.2, 0) is 9.47 Å². The molecule has 0 atom stereocenters. The molecule has 2 aromatic rings. The lowest BCUT2D eigenvalue weighted by atomic mass is 9.93. The number of thiophene rings is 1. The summed E-state index contributed by atoms with van der Waals surface area (Å²) in [5.74, 6) is 0.519. The summed E-state index contributed by atoms with van der Waals surface area (Å²) in [6, 6.07) is 4.07. The first-order valence-electron chi connectivity index (χ1n) is 7.88. The Kier molecular flexibility index (Phi) is 4.55.